The highest BCUT2D eigenvalue weighted by molar-refractivity contribution is 6.15. The largest absolute Gasteiger partial charge is 0.324 e. The van der Waals surface area contributed by atoms with Gasteiger partial charge in [0.1, 0.15) is 5.54 Å². The zero-order valence-electron chi connectivity index (χ0n) is 18.6. The summed E-state index contributed by atoms with van der Waals surface area (Å²) >= 11 is 0. The molecule has 3 heterocycles. The maximum Gasteiger partial charge on any atom is 0.250 e. The summed E-state index contributed by atoms with van der Waals surface area (Å²) in [6.07, 6.45) is 6.70. The van der Waals surface area contributed by atoms with E-state index >= 15 is 0 Å². The second-order valence-corrected chi connectivity index (χ2v) is 9.94. The average molecular weight is 444 g/mol. The van der Waals surface area contributed by atoms with Crippen LogP contribution < -0.4 is 10.6 Å². The third-order valence-corrected chi connectivity index (χ3v) is 8.14. The van der Waals surface area contributed by atoms with Crippen LogP contribution >= 0.6 is 0 Å². The smallest absolute Gasteiger partial charge is 0.250 e. The maximum atomic E-state index is 14.0. The highest BCUT2D eigenvalue weighted by Crippen LogP contribution is 2.53. The second kappa shape index (κ2) is 7.80. The van der Waals surface area contributed by atoms with E-state index in [1.807, 2.05) is 54.6 Å². The molecule has 0 radical (unpaired) electrons. The van der Waals surface area contributed by atoms with Crippen molar-refractivity contribution in [3.8, 4) is 0 Å². The summed E-state index contributed by atoms with van der Waals surface area (Å²) in [6.45, 7) is 0. The molecule has 2 aromatic rings. The standard InChI is InChI=1S/C27H29N3O3/c31-24-22-21(16-17-10-4-3-5-11-17)29-27(19-14-8-9-15-20(19)28-26(27)33)23(22)25(32)30(24)18-12-6-1-2-7-13-18/h3-5,8-11,14-15,18,21-23,29H,1-2,6-7,12-13,16H2,(H,28,33)/t21-,22-,23-,27-/m1/s1. The first-order valence-electron chi connectivity index (χ1n) is 12.2. The van der Waals surface area contributed by atoms with E-state index in [0.717, 1.165) is 55.3 Å². The Hall–Kier alpha value is -2.99. The van der Waals surface area contributed by atoms with E-state index in [1.165, 1.54) is 0 Å². The van der Waals surface area contributed by atoms with Crippen LogP contribution in [0.1, 0.15) is 49.7 Å². The molecule has 1 saturated carbocycles. The topological polar surface area (TPSA) is 78.5 Å². The highest BCUT2D eigenvalue weighted by atomic mass is 16.2. The van der Waals surface area contributed by atoms with Crippen LogP contribution in [0.2, 0.25) is 0 Å². The van der Waals surface area contributed by atoms with E-state index in [9.17, 15) is 14.4 Å². The Labute approximate surface area is 193 Å². The van der Waals surface area contributed by atoms with Gasteiger partial charge >= 0.3 is 0 Å². The van der Waals surface area contributed by atoms with Crippen LogP contribution in [0.3, 0.4) is 0 Å². The Morgan fingerprint density at radius 1 is 0.848 bits per heavy atom. The van der Waals surface area contributed by atoms with Gasteiger partial charge in [-0.2, -0.15) is 0 Å². The zero-order chi connectivity index (χ0) is 22.6. The van der Waals surface area contributed by atoms with Gasteiger partial charge in [-0.15, -0.1) is 0 Å². The van der Waals surface area contributed by atoms with Crippen molar-refractivity contribution in [1.29, 1.82) is 0 Å². The van der Waals surface area contributed by atoms with Crippen molar-refractivity contribution in [2.75, 3.05) is 5.32 Å². The summed E-state index contributed by atoms with van der Waals surface area (Å²) in [6, 6.07) is 17.2. The number of hydrogen-bond donors (Lipinski definition) is 2. The van der Waals surface area contributed by atoms with Crippen molar-refractivity contribution in [2.24, 2.45) is 11.8 Å². The molecule has 0 bridgehead atoms. The van der Waals surface area contributed by atoms with Crippen LogP contribution in [0, 0.1) is 11.8 Å². The second-order valence-electron chi connectivity index (χ2n) is 9.94. The number of imide groups is 1. The van der Waals surface area contributed by atoms with Crippen molar-refractivity contribution >= 4 is 23.4 Å². The van der Waals surface area contributed by atoms with Gasteiger partial charge < -0.3 is 5.32 Å². The van der Waals surface area contributed by atoms with Gasteiger partial charge in [-0.05, 0) is 30.9 Å². The lowest BCUT2D eigenvalue weighted by molar-refractivity contribution is -0.145. The lowest BCUT2D eigenvalue weighted by Gasteiger charge is -2.32. The van der Waals surface area contributed by atoms with Gasteiger partial charge in [-0.25, -0.2) is 0 Å². The van der Waals surface area contributed by atoms with E-state index in [2.05, 4.69) is 10.6 Å². The number of carbonyl (C=O) groups is 3. The fourth-order valence-electron chi connectivity index (χ4n) is 6.70. The van der Waals surface area contributed by atoms with Gasteiger partial charge in [-0.3, -0.25) is 24.6 Å². The third-order valence-electron chi connectivity index (χ3n) is 8.14. The molecule has 2 saturated heterocycles. The number of fused-ring (bicyclic) bond motifs is 4. The van der Waals surface area contributed by atoms with E-state index in [1.54, 1.807) is 4.90 Å². The number of nitrogens with zero attached hydrogens (tertiary/aromatic N) is 1. The molecule has 6 heteroatoms. The predicted molar refractivity (Wildman–Crippen MR) is 124 cm³/mol. The molecule has 4 aliphatic rings. The molecular weight excluding hydrogens is 414 g/mol. The number of anilines is 1. The van der Waals surface area contributed by atoms with Crippen LogP contribution in [0.4, 0.5) is 5.69 Å². The third kappa shape index (κ3) is 3.00. The lowest BCUT2D eigenvalue weighted by Crippen LogP contribution is -2.54. The minimum absolute atomic E-state index is 0.0489. The fourth-order valence-corrected chi connectivity index (χ4v) is 6.70. The van der Waals surface area contributed by atoms with E-state index in [4.69, 9.17) is 0 Å². The molecule has 4 atom stereocenters. The summed E-state index contributed by atoms with van der Waals surface area (Å²) < 4.78 is 0. The molecule has 0 unspecified atom stereocenters. The number of amides is 3. The monoisotopic (exact) mass is 443 g/mol. The molecule has 170 valence electrons. The number of carbonyl (C=O) groups excluding carboxylic acids is 3. The van der Waals surface area contributed by atoms with E-state index in [0.29, 0.717) is 6.42 Å². The minimum atomic E-state index is -1.20. The number of likely N-dealkylation sites (tertiary alicyclic amines) is 1. The van der Waals surface area contributed by atoms with Crippen molar-refractivity contribution in [2.45, 2.75) is 62.6 Å². The van der Waals surface area contributed by atoms with Crippen LogP contribution in [0.25, 0.3) is 0 Å². The number of hydrogen-bond acceptors (Lipinski definition) is 4. The minimum Gasteiger partial charge on any atom is -0.324 e. The Morgan fingerprint density at radius 3 is 2.30 bits per heavy atom. The van der Waals surface area contributed by atoms with Gasteiger partial charge in [0.2, 0.25) is 17.7 Å². The van der Waals surface area contributed by atoms with Crippen LogP contribution in [0.5, 0.6) is 0 Å². The van der Waals surface area contributed by atoms with E-state index in [-0.39, 0.29) is 29.8 Å². The number of nitrogens with one attached hydrogen (secondary N) is 2. The molecule has 3 amide bonds. The first kappa shape index (κ1) is 20.6. The first-order valence-corrected chi connectivity index (χ1v) is 12.2. The SMILES string of the molecule is O=C1[C@@H]2[C@@H](Cc3ccccc3)N[C@@]3(C(=O)Nc4ccccc43)[C@H]2C(=O)N1C1CCCCCC1. The molecule has 3 fully saturated rings. The number of benzene rings is 2. The molecule has 6 nitrogen and oxygen atoms in total. The Kier molecular flexibility index (Phi) is 4.87. The van der Waals surface area contributed by atoms with Crippen molar-refractivity contribution < 1.29 is 14.4 Å². The number of rotatable bonds is 3. The average Bonchev–Trinajstić information content (AvgIpc) is 3.28. The van der Waals surface area contributed by atoms with Crippen LogP contribution in [-0.2, 0) is 26.3 Å². The Balaban J connectivity index is 1.45. The summed E-state index contributed by atoms with van der Waals surface area (Å²) in [5.74, 6) is -1.76. The van der Waals surface area contributed by atoms with Crippen molar-refractivity contribution in [3.05, 3.63) is 65.7 Å². The highest BCUT2D eigenvalue weighted by Gasteiger charge is 2.70. The molecular formula is C27H29N3O3. The molecule has 2 N–H and O–H groups in total. The van der Waals surface area contributed by atoms with Crippen molar-refractivity contribution in [1.82, 2.24) is 10.2 Å². The zero-order valence-corrected chi connectivity index (χ0v) is 18.6. The molecule has 3 aliphatic heterocycles. The van der Waals surface area contributed by atoms with Gasteiger partial charge in [0.05, 0.1) is 11.8 Å². The molecule has 6 rings (SSSR count). The van der Waals surface area contributed by atoms with Crippen LogP contribution in [-0.4, -0.2) is 34.7 Å². The lowest BCUT2D eigenvalue weighted by atomic mass is 9.76. The fraction of sp³-hybridized carbons (Fsp3) is 0.444. The van der Waals surface area contributed by atoms with Gasteiger partial charge in [0, 0.05) is 23.3 Å². The number of para-hydroxylation sites is 1. The van der Waals surface area contributed by atoms with Gasteiger partial charge in [0.25, 0.3) is 0 Å². The molecule has 33 heavy (non-hydrogen) atoms. The molecule has 2 aromatic carbocycles. The first-order chi connectivity index (χ1) is 16.1. The van der Waals surface area contributed by atoms with Gasteiger partial charge in [-0.1, -0.05) is 74.2 Å². The normalized spacial score (nSPS) is 31.6. The summed E-state index contributed by atoms with van der Waals surface area (Å²) in [7, 11) is 0. The quantitative estimate of drug-likeness (QED) is 0.563. The predicted octanol–water partition coefficient (Wildman–Crippen LogP) is 3.37. The maximum absolute atomic E-state index is 14.0. The van der Waals surface area contributed by atoms with Crippen molar-refractivity contribution in [3.63, 3.8) is 0 Å². The van der Waals surface area contributed by atoms with Gasteiger partial charge in [0.15, 0.2) is 0 Å². The molecule has 0 aromatic heterocycles. The summed E-state index contributed by atoms with van der Waals surface area (Å²) in [5, 5.41) is 6.52. The molecule has 1 spiro atoms. The van der Waals surface area contributed by atoms with E-state index < -0.39 is 17.4 Å². The summed E-state index contributed by atoms with van der Waals surface area (Å²) in [4.78, 5) is 43.0. The Bertz CT molecular complexity index is 1110. The molecule has 1 aliphatic carbocycles. The van der Waals surface area contributed by atoms with Crippen LogP contribution in [0.15, 0.2) is 54.6 Å². The summed E-state index contributed by atoms with van der Waals surface area (Å²) in [5.41, 5.74) is 1.39. The Morgan fingerprint density at radius 2 is 1.55 bits per heavy atom.